The summed E-state index contributed by atoms with van der Waals surface area (Å²) in [6.45, 7) is 5.38. The summed E-state index contributed by atoms with van der Waals surface area (Å²) in [4.78, 5) is 0. The van der Waals surface area contributed by atoms with Crippen LogP contribution in [0.1, 0.15) is 33.1 Å². The van der Waals surface area contributed by atoms with Crippen LogP contribution in [-0.2, 0) is 18.9 Å². The Bertz CT molecular complexity index is 108. The minimum atomic E-state index is -0.0885. The van der Waals surface area contributed by atoms with E-state index in [0.717, 1.165) is 19.3 Å². The first kappa shape index (κ1) is 14.8. The van der Waals surface area contributed by atoms with Crippen molar-refractivity contribution >= 4 is 0 Å². The Labute approximate surface area is 92.8 Å². The predicted molar refractivity (Wildman–Crippen MR) is 58.7 cm³/mol. The Kier molecular flexibility index (Phi) is 10.3. The largest absolute Gasteiger partial charge is 0.356 e. The van der Waals surface area contributed by atoms with Gasteiger partial charge in [-0.2, -0.15) is 0 Å². The fourth-order valence-corrected chi connectivity index (χ4v) is 1.19. The Morgan fingerprint density at radius 1 is 0.800 bits per heavy atom. The van der Waals surface area contributed by atoms with Gasteiger partial charge in [-0.1, -0.05) is 13.8 Å². The van der Waals surface area contributed by atoms with E-state index in [1.165, 1.54) is 0 Å². The van der Waals surface area contributed by atoms with Crippen LogP contribution < -0.4 is 0 Å². The van der Waals surface area contributed by atoms with Gasteiger partial charge < -0.3 is 18.9 Å². The minimum absolute atomic E-state index is 0.0885. The topological polar surface area (TPSA) is 36.9 Å². The summed E-state index contributed by atoms with van der Waals surface area (Å²) in [5.41, 5.74) is 0. The first-order chi connectivity index (χ1) is 7.28. The highest BCUT2D eigenvalue weighted by molar-refractivity contribution is 4.42. The zero-order valence-electron chi connectivity index (χ0n) is 10.3. The quantitative estimate of drug-likeness (QED) is 0.417. The maximum absolute atomic E-state index is 5.45. The van der Waals surface area contributed by atoms with Crippen molar-refractivity contribution in [3.8, 4) is 0 Å². The lowest BCUT2D eigenvalue weighted by molar-refractivity contribution is -0.145. The highest BCUT2D eigenvalue weighted by atomic mass is 16.7. The van der Waals surface area contributed by atoms with Crippen LogP contribution in [-0.4, -0.2) is 40.0 Å². The number of methoxy groups -OCH3 is 2. The highest BCUT2D eigenvalue weighted by Gasteiger charge is 2.05. The zero-order chi connectivity index (χ0) is 11.5. The summed E-state index contributed by atoms with van der Waals surface area (Å²) in [5.74, 6) is 0. The van der Waals surface area contributed by atoms with Crippen molar-refractivity contribution in [2.24, 2.45) is 0 Å². The normalized spacial score (nSPS) is 15.2. The molecule has 0 saturated carbocycles. The van der Waals surface area contributed by atoms with E-state index in [9.17, 15) is 0 Å². The summed E-state index contributed by atoms with van der Waals surface area (Å²) in [6, 6.07) is 0. The van der Waals surface area contributed by atoms with Crippen LogP contribution in [0, 0.1) is 0 Å². The van der Waals surface area contributed by atoms with Gasteiger partial charge in [0, 0.05) is 14.2 Å². The SMILES string of the molecule is CCC(OC)OCCCOC(CC)OC. The third-order valence-corrected chi connectivity index (χ3v) is 2.09. The lowest BCUT2D eigenvalue weighted by atomic mass is 10.4. The molecular formula is C11H24O4. The first-order valence-corrected chi connectivity index (χ1v) is 5.57. The summed E-state index contributed by atoms with van der Waals surface area (Å²) in [6.07, 6.45) is 2.42. The fraction of sp³-hybridized carbons (Fsp3) is 1.00. The lowest BCUT2D eigenvalue weighted by Gasteiger charge is -2.16. The molecule has 0 aliphatic carbocycles. The molecule has 92 valence electrons. The molecule has 4 heteroatoms. The third kappa shape index (κ3) is 7.73. The van der Waals surface area contributed by atoms with Gasteiger partial charge in [-0.05, 0) is 19.3 Å². The van der Waals surface area contributed by atoms with Gasteiger partial charge in [0.05, 0.1) is 13.2 Å². The molecule has 2 atom stereocenters. The van der Waals surface area contributed by atoms with Crippen LogP contribution in [0.4, 0.5) is 0 Å². The molecule has 0 aliphatic rings. The number of ether oxygens (including phenoxy) is 4. The van der Waals surface area contributed by atoms with E-state index in [1.807, 2.05) is 13.8 Å². The molecule has 0 amide bonds. The Balaban J connectivity index is 3.30. The van der Waals surface area contributed by atoms with Gasteiger partial charge in [0.2, 0.25) is 0 Å². The second-order valence-electron chi connectivity index (χ2n) is 3.24. The Morgan fingerprint density at radius 3 is 1.47 bits per heavy atom. The van der Waals surface area contributed by atoms with E-state index >= 15 is 0 Å². The molecule has 2 unspecified atom stereocenters. The molecule has 15 heavy (non-hydrogen) atoms. The van der Waals surface area contributed by atoms with Gasteiger partial charge in [0.25, 0.3) is 0 Å². The molecule has 0 heterocycles. The first-order valence-electron chi connectivity index (χ1n) is 5.57. The Hall–Kier alpha value is -0.160. The van der Waals surface area contributed by atoms with Crippen LogP contribution in [0.3, 0.4) is 0 Å². The van der Waals surface area contributed by atoms with Crippen molar-refractivity contribution in [2.45, 2.75) is 45.7 Å². The van der Waals surface area contributed by atoms with Crippen molar-refractivity contribution in [1.82, 2.24) is 0 Å². The number of rotatable bonds is 10. The fourth-order valence-electron chi connectivity index (χ4n) is 1.19. The maximum Gasteiger partial charge on any atom is 0.156 e. The van der Waals surface area contributed by atoms with E-state index < -0.39 is 0 Å². The standard InChI is InChI=1S/C11H24O4/c1-5-10(12-3)14-8-7-9-15-11(6-2)13-4/h10-11H,5-9H2,1-4H3. The summed E-state index contributed by atoms with van der Waals surface area (Å²) in [7, 11) is 3.31. The van der Waals surface area contributed by atoms with Gasteiger partial charge in [0.1, 0.15) is 0 Å². The molecule has 0 fully saturated rings. The van der Waals surface area contributed by atoms with E-state index in [-0.39, 0.29) is 12.6 Å². The van der Waals surface area contributed by atoms with Gasteiger partial charge in [-0.3, -0.25) is 0 Å². The van der Waals surface area contributed by atoms with Crippen LogP contribution in [0.2, 0.25) is 0 Å². The van der Waals surface area contributed by atoms with Crippen molar-refractivity contribution < 1.29 is 18.9 Å². The minimum Gasteiger partial charge on any atom is -0.356 e. The van der Waals surface area contributed by atoms with Crippen molar-refractivity contribution in [2.75, 3.05) is 27.4 Å². The predicted octanol–water partition coefficient (Wildman–Crippen LogP) is 2.17. The van der Waals surface area contributed by atoms with E-state index in [4.69, 9.17) is 18.9 Å². The molecule has 4 nitrogen and oxygen atoms in total. The molecule has 0 aliphatic heterocycles. The van der Waals surface area contributed by atoms with Crippen molar-refractivity contribution in [3.63, 3.8) is 0 Å². The number of hydrogen-bond acceptors (Lipinski definition) is 4. The third-order valence-electron chi connectivity index (χ3n) is 2.09. The van der Waals surface area contributed by atoms with Gasteiger partial charge in [-0.15, -0.1) is 0 Å². The van der Waals surface area contributed by atoms with Crippen LogP contribution >= 0.6 is 0 Å². The van der Waals surface area contributed by atoms with E-state index in [0.29, 0.717) is 13.2 Å². The summed E-state index contributed by atoms with van der Waals surface area (Å²) >= 11 is 0. The molecule has 0 N–H and O–H groups in total. The van der Waals surface area contributed by atoms with Gasteiger partial charge >= 0.3 is 0 Å². The van der Waals surface area contributed by atoms with Crippen molar-refractivity contribution in [3.05, 3.63) is 0 Å². The van der Waals surface area contributed by atoms with E-state index in [2.05, 4.69) is 0 Å². The lowest BCUT2D eigenvalue weighted by Crippen LogP contribution is -2.18. The summed E-state index contributed by atoms with van der Waals surface area (Å²) in [5, 5.41) is 0. The summed E-state index contributed by atoms with van der Waals surface area (Å²) < 4.78 is 21.1. The second kappa shape index (κ2) is 10.4. The molecular weight excluding hydrogens is 196 g/mol. The molecule has 0 aromatic rings. The molecule has 0 rings (SSSR count). The molecule has 0 saturated heterocycles. The maximum atomic E-state index is 5.45. The molecule has 0 spiro atoms. The average molecular weight is 220 g/mol. The van der Waals surface area contributed by atoms with Gasteiger partial charge in [-0.25, -0.2) is 0 Å². The number of hydrogen-bond donors (Lipinski definition) is 0. The highest BCUT2D eigenvalue weighted by Crippen LogP contribution is 2.02. The second-order valence-corrected chi connectivity index (χ2v) is 3.24. The zero-order valence-corrected chi connectivity index (χ0v) is 10.3. The average Bonchev–Trinajstić information content (AvgIpc) is 2.29. The van der Waals surface area contributed by atoms with Crippen LogP contribution in [0.15, 0.2) is 0 Å². The van der Waals surface area contributed by atoms with E-state index in [1.54, 1.807) is 14.2 Å². The molecule has 0 aromatic carbocycles. The molecule has 0 radical (unpaired) electrons. The molecule has 0 bridgehead atoms. The van der Waals surface area contributed by atoms with Crippen LogP contribution in [0.25, 0.3) is 0 Å². The molecule has 0 aromatic heterocycles. The monoisotopic (exact) mass is 220 g/mol. The van der Waals surface area contributed by atoms with Crippen LogP contribution in [0.5, 0.6) is 0 Å². The van der Waals surface area contributed by atoms with Crippen molar-refractivity contribution in [1.29, 1.82) is 0 Å². The Morgan fingerprint density at radius 2 is 1.20 bits per heavy atom. The smallest absolute Gasteiger partial charge is 0.156 e. The van der Waals surface area contributed by atoms with Gasteiger partial charge in [0.15, 0.2) is 12.6 Å².